The molecule has 7 heteroatoms. The number of ether oxygens (including phenoxy) is 1. The van der Waals surface area contributed by atoms with Crippen LogP contribution in [0.1, 0.15) is 39.2 Å². The first-order valence-electron chi connectivity index (χ1n) is 11.0. The van der Waals surface area contributed by atoms with E-state index in [1.165, 1.54) is 0 Å². The molecule has 0 atom stereocenters. The van der Waals surface area contributed by atoms with E-state index in [1.807, 2.05) is 50.2 Å². The minimum Gasteiger partial charge on any atom is -0.490 e. The summed E-state index contributed by atoms with van der Waals surface area (Å²) in [6, 6.07) is 11.7. The van der Waals surface area contributed by atoms with Gasteiger partial charge in [-0.2, -0.15) is 0 Å². The topological polar surface area (TPSA) is 66.9 Å². The Bertz CT molecular complexity index is 1090. The lowest BCUT2D eigenvalue weighted by Gasteiger charge is -2.31. The Morgan fingerprint density at radius 1 is 1.16 bits per heavy atom. The van der Waals surface area contributed by atoms with Crippen molar-refractivity contribution in [2.75, 3.05) is 19.6 Å². The third-order valence-electron chi connectivity index (χ3n) is 5.87. The monoisotopic (exact) mass is 452 g/mol. The highest BCUT2D eigenvalue weighted by Crippen LogP contribution is 2.37. The van der Waals surface area contributed by atoms with Crippen LogP contribution < -0.4 is 4.74 Å². The van der Waals surface area contributed by atoms with Gasteiger partial charge in [-0.05, 0) is 67.3 Å². The molecule has 32 heavy (non-hydrogen) atoms. The van der Waals surface area contributed by atoms with Crippen LogP contribution >= 0.6 is 11.8 Å². The van der Waals surface area contributed by atoms with E-state index >= 15 is 0 Å². The molecule has 6 nitrogen and oxygen atoms in total. The molecule has 2 heterocycles. The van der Waals surface area contributed by atoms with E-state index in [-0.39, 0.29) is 18.6 Å². The van der Waals surface area contributed by atoms with E-state index in [2.05, 4.69) is 6.92 Å². The molecule has 0 bridgehead atoms. The molecule has 3 amide bonds. The number of fused-ring (bicyclic) bond motifs is 1. The predicted molar refractivity (Wildman–Crippen MR) is 127 cm³/mol. The van der Waals surface area contributed by atoms with Crippen molar-refractivity contribution < 1.29 is 19.1 Å². The number of piperidine rings is 1. The zero-order chi connectivity index (χ0) is 22.8. The quantitative estimate of drug-likeness (QED) is 0.603. The van der Waals surface area contributed by atoms with Gasteiger partial charge in [0.15, 0.2) is 0 Å². The van der Waals surface area contributed by atoms with Gasteiger partial charge in [-0.3, -0.25) is 19.3 Å². The average Bonchev–Trinajstić information content (AvgIpc) is 3.03. The van der Waals surface area contributed by atoms with Gasteiger partial charge < -0.3 is 9.64 Å². The van der Waals surface area contributed by atoms with E-state index < -0.39 is 11.1 Å². The van der Waals surface area contributed by atoms with Crippen LogP contribution in [0.15, 0.2) is 41.3 Å². The van der Waals surface area contributed by atoms with Crippen LogP contribution in [0, 0.1) is 5.92 Å². The molecule has 168 valence electrons. The van der Waals surface area contributed by atoms with E-state index in [1.54, 1.807) is 11.0 Å². The average molecular weight is 453 g/mol. The molecule has 0 spiro atoms. The minimum absolute atomic E-state index is 0.0386. The highest BCUT2D eigenvalue weighted by atomic mass is 32.2. The van der Waals surface area contributed by atoms with Crippen molar-refractivity contribution in [3.8, 4) is 5.75 Å². The van der Waals surface area contributed by atoms with Crippen LogP contribution in [0.2, 0.25) is 0 Å². The van der Waals surface area contributed by atoms with E-state index in [4.69, 9.17) is 4.74 Å². The summed E-state index contributed by atoms with van der Waals surface area (Å²) in [5.74, 6) is 0.655. The van der Waals surface area contributed by atoms with Crippen molar-refractivity contribution in [2.24, 2.45) is 5.92 Å². The van der Waals surface area contributed by atoms with Gasteiger partial charge in [0.1, 0.15) is 12.3 Å². The summed E-state index contributed by atoms with van der Waals surface area (Å²) in [4.78, 5) is 41.5. The van der Waals surface area contributed by atoms with Crippen LogP contribution in [0.25, 0.3) is 16.8 Å². The summed E-state index contributed by atoms with van der Waals surface area (Å²) < 4.78 is 5.98. The number of carbonyl (C=O) groups excluding carboxylic acids is 3. The lowest BCUT2D eigenvalue weighted by molar-refractivity contribution is -0.136. The fourth-order valence-electron chi connectivity index (χ4n) is 4.04. The number of thioether (sulfide) groups is 1. The molecule has 0 radical (unpaired) electrons. The molecular formula is C25H28N2O4S. The van der Waals surface area contributed by atoms with Crippen LogP contribution in [-0.4, -0.2) is 52.6 Å². The molecule has 0 saturated carbocycles. The fourth-order valence-corrected chi connectivity index (χ4v) is 4.86. The molecule has 2 aliphatic rings. The maximum Gasteiger partial charge on any atom is 0.294 e. The Hall–Kier alpha value is -2.80. The van der Waals surface area contributed by atoms with E-state index in [0.717, 1.165) is 45.8 Å². The second-order valence-electron chi connectivity index (χ2n) is 8.70. The van der Waals surface area contributed by atoms with Crippen molar-refractivity contribution in [3.05, 3.63) is 46.9 Å². The van der Waals surface area contributed by atoms with Crippen molar-refractivity contribution in [1.82, 2.24) is 9.80 Å². The van der Waals surface area contributed by atoms with Gasteiger partial charge >= 0.3 is 0 Å². The molecule has 4 rings (SSSR count). The highest BCUT2D eigenvalue weighted by Gasteiger charge is 2.37. The van der Waals surface area contributed by atoms with Crippen molar-refractivity contribution >= 4 is 45.7 Å². The Kier molecular flexibility index (Phi) is 6.55. The van der Waals surface area contributed by atoms with E-state index in [9.17, 15) is 14.4 Å². The maximum atomic E-state index is 13.1. The van der Waals surface area contributed by atoms with Gasteiger partial charge in [-0.15, -0.1) is 0 Å². The Morgan fingerprint density at radius 2 is 1.88 bits per heavy atom. The summed E-state index contributed by atoms with van der Waals surface area (Å²) >= 11 is 0.874. The Balaban J connectivity index is 1.60. The molecular weight excluding hydrogens is 424 g/mol. The second kappa shape index (κ2) is 9.36. The third kappa shape index (κ3) is 4.67. The molecule has 0 unspecified atom stereocenters. The first-order valence-corrected chi connectivity index (χ1v) is 11.9. The molecule has 2 aromatic rings. The van der Waals surface area contributed by atoms with Crippen molar-refractivity contribution in [1.29, 1.82) is 0 Å². The highest BCUT2D eigenvalue weighted by molar-refractivity contribution is 8.18. The summed E-state index contributed by atoms with van der Waals surface area (Å²) in [6.45, 7) is 7.21. The van der Waals surface area contributed by atoms with Crippen LogP contribution in [0.4, 0.5) is 4.79 Å². The number of carbonyl (C=O) groups is 3. The normalized spacial score (nSPS) is 18.9. The second-order valence-corrected chi connectivity index (χ2v) is 9.69. The molecule has 0 N–H and O–H groups in total. The Morgan fingerprint density at radius 3 is 2.59 bits per heavy atom. The predicted octanol–water partition coefficient (Wildman–Crippen LogP) is 4.92. The van der Waals surface area contributed by atoms with Gasteiger partial charge in [0.25, 0.3) is 11.1 Å². The molecule has 2 saturated heterocycles. The fraction of sp³-hybridized carbons (Fsp3) is 0.400. The number of imide groups is 1. The minimum atomic E-state index is -0.429. The standard InChI is InChI=1S/C25H28N2O4S/c1-16(2)31-21-9-8-18-6-4-5-7-19(18)20(21)14-22-24(29)27(25(30)32-22)15-23(28)26-12-10-17(3)11-13-26/h4-9,14,16-17H,10-13,15H2,1-3H3. The lowest BCUT2D eigenvalue weighted by Crippen LogP contribution is -2.45. The molecule has 0 aliphatic carbocycles. The van der Waals surface area contributed by atoms with Gasteiger partial charge in [0.05, 0.1) is 11.0 Å². The first kappa shape index (κ1) is 22.4. The van der Waals surface area contributed by atoms with Crippen LogP contribution in [0.5, 0.6) is 5.75 Å². The van der Waals surface area contributed by atoms with Gasteiger partial charge in [-0.1, -0.05) is 37.3 Å². The van der Waals surface area contributed by atoms with Crippen LogP contribution in [-0.2, 0) is 9.59 Å². The zero-order valence-corrected chi connectivity index (χ0v) is 19.5. The number of rotatable bonds is 5. The van der Waals surface area contributed by atoms with Crippen molar-refractivity contribution in [2.45, 2.75) is 39.7 Å². The van der Waals surface area contributed by atoms with Crippen molar-refractivity contribution in [3.63, 3.8) is 0 Å². The van der Waals surface area contributed by atoms with Gasteiger partial charge in [0, 0.05) is 18.7 Å². The largest absolute Gasteiger partial charge is 0.490 e. The molecule has 0 aromatic heterocycles. The number of nitrogens with zero attached hydrogens (tertiary/aromatic N) is 2. The summed E-state index contributed by atoms with van der Waals surface area (Å²) in [5.41, 5.74) is 0.763. The Labute approximate surface area is 192 Å². The summed E-state index contributed by atoms with van der Waals surface area (Å²) in [6.07, 6.45) is 3.58. The number of benzene rings is 2. The summed E-state index contributed by atoms with van der Waals surface area (Å²) in [5, 5.41) is 1.55. The molecule has 2 fully saturated rings. The number of hydrogen-bond acceptors (Lipinski definition) is 5. The van der Waals surface area contributed by atoms with Gasteiger partial charge in [-0.25, -0.2) is 0 Å². The van der Waals surface area contributed by atoms with Gasteiger partial charge in [0.2, 0.25) is 5.91 Å². The number of hydrogen-bond donors (Lipinski definition) is 0. The number of amides is 3. The SMILES string of the molecule is CC1CCN(C(=O)CN2C(=O)SC(=Cc3c(OC(C)C)ccc4ccccc34)C2=O)CC1. The van der Waals surface area contributed by atoms with Crippen LogP contribution in [0.3, 0.4) is 0 Å². The third-order valence-corrected chi connectivity index (χ3v) is 6.78. The maximum absolute atomic E-state index is 13.1. The molecule has 2 aromatic carbocycles. The lowest BCUT2D eigenvalue weighted by atomic mass is 9.99. The zero-order valence-electron chi connectivity index (χ0n) is 18.7. The number of likely N-dealkylation sites (tertiary alicyclic amines) is 1. The van der Waals surface area contributed by atoms with E-state index in [0.29, 0.717) is 29.7 Å². The molecule has 2 aliphatic heterocycles. The summed E-state index contributed by atoms with van der Waals surface area (Å²) in [7, 11) is 0. The first-order chi connectivity index (χ1) is 15.3. The smallest absolute Gasteiger partial charge is 0.294 e.